The monoisotopic (exact) mass is 380 g/mol. The van der Waals surface area contributed by atoms with Gasteiger partial charge < -0.3 is 9.80 Å². The van der Waals surface area contributed by atoms with Crippen molar-refractivity contribution < 1.29 is 4.79 Å². The SMILES string of the molecule is CCc1cc2c(N3CCN(C(=O)Cc4ccccc4)CC3)nc(C)nc2s1. The first-order valence-corrected chi connectivity index (χ1v) is 10.3. The minimum Gasteiger partial charge on any atom is -0.352 e. The van der Waals surface area contributed by atoms with Crippen LogP contribution in [0.25, 0.3) is 10.2 Å². The number of hydrogen-bond acceptors (Lipinski definition) is 5. The molecule has 0 spiro atoms. The summed E-state index contributed by atoms with van der Waals surface area (Å²) in [5.74, 6) is 2.03. The molecule has 0 bridgehead atoms. The van der Waals surface area contributed by atoms with E-state index in [9.17, 15) is 4.79 Å². The highest BCUT2D eigenvalue weighted by molar-refractivity contribution is 7.18. The molecule has 2 aromatic heterocycles. The fraction of sp³-hybridized carbons (Fsp3) is 0.381. The lowest BCUT2D eigenvalue weighted by atomic mass is 10.1. The molecule has 0 N–H and O–H groups in total. The number of aryl methyl sites for hydroxylation is 2. The van der Waals surface area contributed by atoms with Gasteiger partial charge in [-0.1, -0.05) is 37.3 Å². The van der Waals surface area contributed by atoms with Gasteiger partial charge in [0.1, 0.15) is 16.5 Å². The smallest absolute Gasteiger partial charge is 0.227 e. The van der Waals surface area contributed by atoms with E-state index in [1.165, 1.54) is 4.88 Å². The van der Waals surface area contributed by atoms with Crippen molar-refractivity contribution in [2.75, 3.05) is 31.1 Å². The molecule has 5 nitrogen and oxygen atoms in total. The van der Waals surface area contributed by atoms with Gasteiger partial charge in [0, 0.05) is 31.1 Å². The van der Waals surface area contributed by atoms with Crippen LogP contribution in [0.3, 0.4) is 0 Å². The van der Waals surface area contributed by atoms with Crippen molar-refractivity contribution in [3.8, 4) is 0 Å². The number of aromatic nitrogens is 2. The number of nitrogens with zero attached hydrogens (tertiary/aromatic N) is 4. The summed E-state index contributed by atoms with van der Waals surface area (Å²) in [4.78, 5) is 28.6. The lowest BCUT2D eigenvalue weighted by molar-refractivity contribution is -0.130. The molecule has 27 heavy (non-hydrogen) atoms. The summed E-state index contributed by atoms with van der Waals surface area (Å²) < 4.78 is 0. The fourth-order valence-corrected chi connectivity index (χ4v) is 4.53. The summed E-state index contributed by atoms with van der Waals surface area (Å²) >= 11 is 1.75. The van der Waals surface area contributed by atoms with Crippen molar-refractivity contribution in [3.05, 3.63) is 52.7 Å². The number of amides is 1. The number of fused-ring (bicyclic) bond motifs is 1. The van der Waals surface area contributed by atoms with Crippen LogP contribution in [0.4, 0.5) is 5.82 Å². The van der Waals surface area contributed by atoms with Crippen LogP contribution in [0, 0.1) is 6.92 Å². The van der Waals surface area contributed by atoms with Gasteiger partial charge >= 0.3 is 0 Å². The Kier molecular flexibility index (Phi) is 5.07. The molecule has 0 unspecified atom stereocenters. The Hall–Kier alpha value is -2.47. The second-order valence-electron chi connectivity index (χ2n) is 6.91. The molecule has 1 aliphatic heterocycles. The Labute approximate surface area is 163 Å². The summed E-state index contributed by atoms with van der Waals surface area (Å²) in [6.07, 6.45) is 1.49. The highest BCUT2D eigenvalue weighted by Gasteiger charge is 2.24. The van der Waals surface area contributed by atoms with E-state index in [1.54, 1.807) is 11.3 Å². The van der Waals surface area contributed by atoms with Gasteiger partial charge in [0.05, 0.1) is 11.8 Å². The van der Waals surface area contributed by atoms with Gasteiger partial charge in [0.2, 0.25) is 5.91 Å². The van der Waals surface area contributed by atoms with Crippen LogP contribution in [0.1, 0.15) is 23.2 Å². The second-order valence-corrected chi connectivity index (χ2v) is 8.02. The van der Waals surface area contributed by atoms with E-state index >= 15 is 0 Å². The number of thiophene rings is 1. The maximum Gasteiger partial charge on any atom is 0.227 e. The molecule has 1 amide bonds. The van der Waals surface area contributed by atoms with E-state index in [0.717, 1.165) is 60.0 Å². The van der Waals surface area contributed by atoms with Gasteiger partial charge in [0.25, 0.3) is 0 Å². The van der Waals surface area contributed by atoms with Crippen LogP contribution < -0.4 is 4.90 Å². The van der Waals surface area contributed by atoms with Gasteiger partial charge in [-0.2, -0.15) is 0 Å². The lowest BCUT2D eigenvalue weighted by Gasteiger charge is -2.35. The third kappa shape index (κ3) is 3.81. The highest BCUT2D eigenvalue weighted by Crippen LogP contribution is 2.31. The molecular weight excluding hydrogens is 356 g/mol. The largest absolute Gasteiger partial charge is 0.352 e. The average Bonchev–Trinajstić information content (AvgIpc) is 3.11. The minimum atomic E-state index is 0.202. The van der Waals surface area contributed by atoms with Crippen molar-refractivity contribution >= 4 is 33.3 Å². The van der Waals surface area contributed by atoms with E-state index in [0.29, 0.717) is 6.42 Å². The number of rotatable bonds is 4. The molecule has 1 aliphatic rings. The third-order valence-electron chi connectivity index (χ3n) is 5.01. The molecule has 3 aromatic rings. The topological polar surface area (TPSA) is 49.3 Å². The molecule has 1 saturated heterocycles. The molecule has 0 atom stereocenters. The number of hydrogen-bond donors (Lipinski definition) is 0. The maximum atomic E-state index is 12.6. The zero-order chi connectivity index (χ0) is 18.8. The Morgan fingerprint density at radius 3 is 2.56 bits per heavy atom. The Morgan fingerprint density at radius 1 is 1.11 bits per heavy atom. The second kappa shape index (κ2) is 7.64. The van der Waals surface area contributed by atoms with E-state index < -0.39 is 0 Å². The van der Waals surface area contributed by atoms with Crippen molar-refractivity contribution in [1.82, 2.24) is 14.9 Å². The number of carbonyl (C=O) groups is 1. The Bertz CT molecular complexity index is 945. The zero-order valence-corrected chi connectivity index (χ0v) is 16.6. The number of piperazine rings is 1. The summed E-state index contributed by atoms with van der Waals surface area (Å²) in [5.41, 5.74) is 1.07. The molecular formula is C21H24N4OS. The molecule has 1 aromatic carbocycles. The van der Waals surface area contributed by atoms with E-state index in [2.05, 4.69) is 22.9 Å². The van der Waals surface area contributed by atoms with Crippen molar-refractivity contribution in [1.29, 1.82) is 0 Å². The molecule has 0 saturated carbocycles. The van der Waals surface area contributed by atoms with Gasteiger partial charge in [-0.25, -0.2) is 9.97 Å². The molecule has 0 aliphatic carbocycles. The lowest BCUT2D eigenvalue weighted by Crippen LogP contribution is -2.49. The Morgan fingerprint density at radius 2 is 1.85 bits per heavy atom. The zero-order valence-electron chi connectivity index (χ0n) is 15.8. The fourth-order valence-electron chi connectivity index (χ4n) is 3.53. The minimum absolute atomic E-state index is 0.202. The standard InChI is InChI=1S/C21H24N4OS/c1-3-17-14-18-20(22-15(2)23-21(18)27-17)25-11-9-24(10-12-25)19(26)13-16-7-5-4-6-8-16/h4-8,14H,3,9-13H2,1-2H3. The van der Waals surface area contributed by atoms with E-state index in [4.69, 9.17) is 4.98 Å². The summed E-state index contributed by atoms with van der Waals surface area (Å²) in [7, 11) is 0. The van der Waals surface area contributed by atoms with Gasteiger partial charge in [-0.15, -0.1) is 11.3 Å². The average molecular weight is 381 g/mol. The normalized spacial score (nSPS) is 14.7. The summed E-state index contributed by atoms with van der Waals surface area (Å²) in [6, 6.07) is 12.2. The highest BCUT2D eigenvalue weighted by atomic mass is 32.1. The first-order valence-electron chi connectivity index (χ1n) is 9.47. The third-order valence-corrected chi connectivity index (χ3v) is 6.19. The maximum absolute atomic E-state index is 12.6. The molecule has 6 heteroatoms. The van der Waals surface area contributed by atoms with Crippen LogP contribution in [0.5, 0.6) is 0 Å². The number of carbonyl (C=O) groups excluding carboxylic acids is 1. The number of benzene rings is 1. The van der Waals surface area contributed by atoms with E-state index in [1.807, 2.05) is 42.2 Å². The molecule has 140 valence electrons. The summed E-state index contributed by atoms with van der Waals surface area (Å²) in [6.45, 7) is 7.21. The quantitative estimate of drug-likeness (QED) is 0.696. The molecule has 0 radical (unpaired) electrons. The van der Waals surface area contributed by atoms with Crippen molar-refractivity contribution in [2.24, 2.45) is 0 Å². The molecule has 3 heterocycles. The van der Waals surface area contributed by atoms with Crippen LogP contribution in [0.2, 0.25) is 0 Å². The predicted octanol–water partition coefficient (Wildman–Crippen LogP) is 3.45. The first kappa shape index (κ1) is 17.9. The van der Waals surface area contributed by atoms with Crippen LogP contribution in [0.15, 0.2) is 36.4 Å². The Balaban J connectivity index is 1.47. The van der Waals surface area contributed by atoms with Crippen LogP contribution in [-0.2, 0) is 17.6 Å². The van der Waals surface area contributed by atoms with Crippen LogP contribution >= 0.6 is 11.3 Å². The van der Waals surface area contributed by atoms with Crippen molar-refractivity contribution in [3.63, 3.8) is 0 Å². The van der Waals surface area contributed by atoms with Gasteiger partial charge in [0.15, 0.2) is 0 Å². The van der Waals surface area contributed by atoms with Gasteiger partial charge in [-0.3, -0.25) is 4.79 Å². The first-order chi connectivity index (χ1) is 13.1. The van der Waals surface area contributed by atoms with Crippen LogP contribution in [-0.4, -0.2) is 47.0 Å². The predicted molar refractivity (Wildman–Crippen MR) is 110 cm³/mol. The number of anilines is 1. The van der Waals surface area contributed by atoms with Gasteiger partial charge in [-0.05, 0) is 25.0 Å². The molecule has 4 rings (SSSR count). The summed E-state index contributed by atoms with van der Waals surface area (Å²) in [5, 5.41) is 1.14. The van der Waals surface area contributed by atoms with Crippen molar-refractivity contribution in [2.45, 2.75) is 26.7 Å². The molecule has 1 fully saturated rings. The van der Waals surface area contributed by atoms with E-state index in [-0.39, 0.29) is 5.91 Å².